The van der Waals surface area contributed by atoms with Crippen molar-refractivity contribution in [3.63, 3.8) is 0 Å². The summed E-state index contributed by atoms with van der Waals surface area (Å²) in [4.78, 5) is 24.9. The molecule has 0 saturated carbocycles. The van der Waals surface area contributed by atoms with E-state index in [0.29, 0.717) is 11.1 Å². The van der Waals surface area contributed by atoms with Crippen molar-refractivity contribution >= 4 is 43.4 Å². The van der Waals surface area contributed by atoms with Gasteiger partial charge in [-0.3, -0.25) is 9.59 Å². The Bertz CT molecular complexity index is 773. The Morgan fingerprint density at radius 2 is 1.00 bits per heavy atom. The van der Waals surface area contributed by atoms with E-state index in [-0.39, 0.29) is 0 Å². The predicted octanol–water partition coefficient (Wildman–Crippen LogP) is 4.26. The van der Waals surface area contributed by atoms with E-state index in [1.54, 1.807) is 48.5 Å². The Balaban J connectivity index is 2.30. The maximum atomic E-state index is 12.5. The smallest absolute Gasteiger partial charge is 0.221 e. The molecule has 0 aliphatic heterocycles. The highest BCUT2D eigenvalue weighted by Crippen LogP contribution is 2.25. The van der Waals surface area contributed by atoms with Crippen LogP contribution in [0.1, 0.15) is 23.0 Å². The average Bonchev–Trinajstić information content (AvgIpc) is 2.59. The number of nitriles is 2. The van der Waals surface area contributed by atoms with Crippen molar-refractivity contribution in [3.05, 3.63) is 68.6 Å². The number of benzene rings is 2. The second kappa shape index (κ2) is 8.01. The number of carbonyl (C=O) groups is 2. The summed E-state index contributed by atoms with van der Waals surface area (Å²) in [6, 6.07) is 16.9. The monoisotopic (exact) mass is 444 g/mol. The maximum absolute atomic E-state index is 12.5. The van der Waals surface area contributed by atoms with Gasteiger partial charge >= 0.3 is 0 Å². The van der Waals surface area contributed by atoms with E-state index in [1.165, 1.54) is 0 Å². The van der Waals surface area contributed by atoms with Crippen LogP contribution >= 0.6 is 31.9 Å². The quantitative estimate of drug-likeness (QED) is 0.643. The van der Waals surface area contributed by atoms with Crippen LogP contribution in [0.3, 0.4) is 0 Å². The minimum atomic E-state index is -1.23. The van der Waals surface area contributed by atoms with Gasteiger partial charge < -0.3 is 0 Å². The molecule has 0 amide bonds. The summed E-state index contributed by atoms with van der Waals surface area (Å²) in [6.07, 6.45) is 0. The van der Waals surface area contributed by atoms with Crippen LogP contribution in [0.4, 0.5) is 0 Å². The van der Waals surface area contributed by atoms with Crippen molar-refractivity contribution in [3.8, 4) is 12.1 Å². The van der Waals surface area contributed by atoms with Gasteiger partial charge in [0.05, 0.1) is 12.1 Å². The van der Waals surface area contributed by atoms with Crippen LogP contribution in [-0.4, -0.2) is 11.6 Å². The van der Waals surface area contributed by atoms with Crippen molar-refractivity contribution in [2.45, 2.75) is 11.8 Å². The van der Waals surface area contributed by atoms with Gasteiger partial charge in [0.1, 0.15) is 11.8 Å². The third-order valence-corrected chi connectivity index (χ3v) is 4.49. The van der Waals surface area contributed by atoms with Gasteiger partial charge in [-0.15, -0.1) is 0 Å². The van der Waals surface area contributed by atoms with E-state index in [1.807, 2.05) is 12.1 Å². The zero-order valence-corrected chi connectivity index (χ0v) is 15.4. The van der Waals surface area contributed by atoms with Crippen molar-refractivity contribution in [1.29, 1.82) is 10.5 Å². The van der Waals surface area contributed by atoms with Crippen LogP contribution in [0.5, 0.6) is 0 Å². The van der Waals surface area contributed by atoms with Crippen LogP contribution < -0.4 is 0 Å². The van der Waals surface area contributed by atoms with Crippen molar-refractivity contribution in [1.82, 2.24) is 0 Å². The molecular formula is C18H10Br2N2O2. The Hall–Kier alpha value is -2.28. The largest absolute Gasteiger partial charge is 0.289 e. The number of nitrogens with zero attached hydrogens (tertiary/aromatic N) is 2. The molecule has 0 spiro atoms. The standard InChI is InChI=1S/C18H10Br2N2O2/c19-13-5-1-11(2-6-13)15(9-21)17(23)18(24)16(10-22)12-3-7-14(20)8-4-12/h1-8,15-16H/t15-,16-/m0/s1. The lowest BCUT2D eigenvalue weighted by molar-refractivity contribution is -0.137. The van der Waals surface area contributed by atoms with Gasteiger partial charge in [-0.2, -0.15) is 10.5 Å². The lowest BCUT2D eigenvalue weighted by Crippen LogP contribution is -2.26. The highest BCUT2D eigenvalue weighted by molar-refractivity contribution is 9.10. The van der Waals surface area contributed by atoms with Gasteiger partial charge in [0, 0.05) is 8.95 Å². The topological polar surface area (TPSA) is 81.7 Å². The summed E-state index contributed by atoms with van der Waals surface area (Å²) in [5.74, 6) is -4.21. The Labute approximate surface area is 156 Å². The fourth-order valence-corrected chi connectivity index (χ4v) is 2.69. The number of Topliss-reactive ketones (excluding diaryl/α,β-unsaturated/α-hetero) is 2. The van der Waals surface area contributed by atoms with Crippen LogP contribution in [0.25, 0.3) is 0 Å². The molecule has 6 heteroatoms. The number of rotatable bonds is 5. The van der Waals surface area contributed by atoms with Crippen molar-refractivity contribution < 1.29 is 9.59 Å². The first kappa shape index (κ1) is 18.1. The van der Waals surface area contributed by atoms with Gasteiger partial charge in [0.25, 0.3) is 0 Å². The van der Waals surface area contributed by atoms with Gasteiger partial charge in [-0.25, -0.2) is 0 Å². The van der Waals surface area contributed by atoms with Crippen molar-refractivity contribution in [2.24, 2.45) is 0 Å². The molecule has 0 bridgehead atoms. The molecule has 0 fully saturated rings. The maximum Gasteiger partial charge on any atom is 0.221 e. The molecule has 0 N–H and O–H groups in total. The number of carbonyl (C=O) groups excluding carboxylic acids is 2. The molecule has 2 rings (SSSR count). The first-order valence-electron chi connectivity index (χ1n) is 6.86. The lowest BCUT2D eigenvalue weighted by atomic mass is 9.86. The molecule has 0 unspecified atom stereocenters. The average molecular weight is 446 g/mol. The summed E-state index contributed by atoms with van der Waals surface area (Å²) in [5, 5.41) is 18.6. The normalized spacial score (nSPS) is 12.5. The Kier molecular flexibility index (Phi) is 6.03. The van der Waals surface area contributed by atoms with E-state index in [4.69, 9.17) is 0 Å². The number of halogens is 2. The molecule has 118 valence electrons. The molecule has 24 heavy (non-hydrogen) atoms. The highest BCUT2D eigenvalue weighted by atomic mass is 79.9. The minimum absolute atomic E-state index is 0.423. The zero-order valence-electron chi connectivity index (χ0n) is 12.2. The molecule has 0 aliphatic carbocycles. The summed E-state index contributed by atoms with van der Waals surface area (Å²) >= 11 is 6.54. The number of hydrogen-bond donors (Lipinski definition) is 0. The first-order chi connectivity index (χ1) is 11.5. The fraction of sp³-hybridized carbons (Fsp3) is 0.111. The molecule has 0 heterocycles. The van der Waals surface area contributed by atoms with Gasteiger partial charge in [0.15, 0.2) is 0 Å². The Morgan fingerprint density at radius 3 is 1.25 bits per heavy atom. The van der Waals surface area contributed by atoms with E-state index in [0.717, 1.165) is 8.95 Å². The summed E-state index contributed by atoms with van der Waals surface area (Å²) in [5.41, 5.74) is 0.845. The van der Waals surface area contributed by atoms with E-state index < -0.39 is 23.4 Å². The van der Waals surface area contributed by atoms with E-state index >= 15 is 0 Å². The highest BCUT2D eigenvalue weighted by Gasteiger charge is 2.33. The number of hydrogen-bond acceptors (Lipinski definition) is 4. The molecule has 0 aliphatic rings. The third-order valence-electron chi connectivity index (χ3n) is 3.43. The molecule has 2 aromatic rings. The van der Waals surface area contributed by atoms with Crippen LogP contribution in [0.15, 0.2) is 57.5 Å². The van der Waals surface area contributed by atoms with Crippen LogP contribution in [-0.2, 0) is 9.59 Å². The third kappa shape index (κ3) is 3.97. The lowest BCUT2D eigenvalue weighted by Gasteiger charge is -2.11. The van der Waals surface area contributed by atoms with Crippen LogP contribution in [0, 0.1) is 22.7 Å². The second-order valence-electron chi connectivity index (χ2n) is 4.96. The fourth-order valence-electron chi connectivity index (χ4n) is 2.16. The first-order valence-corrected chi connectivity index (χ1v) is 8.44. The minimum Gasteiger partial charge on any atom is -0.289 e. The summed E-state index contributed by atoms with van der Waals surface area (Å²) in [6.45, 7) is 0. The molecule has 2 atom stereocenters. The predicted molar refractivity (Wildman–Crippen MR) is 95.0 cm³/mol. The molecule has 2 aromatic carbocycles. The van der Waals surface area contributed by atoms with Gasteiger partial charge in [0.2, 0.25) is 11.6 Å². The summed E-state index contributed by atoms with van der Waals surface area (Å²) < 4.78 is 1.60. The number of ketones is 2. The van der Waals surface area contributed by atoms with Gasteiger partial charge in [-0.05, 0) is 35.4 Å². The van der Waals surface area contributed by atoms with Crippen molar-refractivity contribution in [2.75, 3.05) is 0 Å². The van der Waals surface area contributed by atoms with E-state index in [9.17, 15) is 20.1 Å². The summed E-state index contributed by atoms with van der Waals surface area (Å²) in [7, 11) is 0. The molecule has 4 nitrogen and oxygen atoms in total. The Morgan fingerprint density at radius 1 is 0.708 bits per heavy atom. The second-order valence-corrected chi connectivity index (χ2v) is 6.79. The van der Waals surface area contributed by atoms with Crippen LogP contribution in [0.2, 0.25) is 0 Å². The molecule has 0 aromatic heterocycles. The zero-order chi connectivity index (χ0) is 17.7. The SMILES string of the molecule is N#C[C@H](C(=O)C(=O)[C@@H](C#N)c1ccc(Br)cc1)c1ccc(Br)cc1. The van der Waals surface area contributed by atoms with Gasteiger partial charge in [-0.1, -0.05) is 56.1 Å². The molecule has 0 saturated heterocycles. The van der Waals surface area contributed by atoms with E-state index in [2.05, 4.69) is 31.9 Å². The molecule has 0 radical (unpaired) electrons. The molecular weight excluding hydrogens is 436 g/mol.